The van der Waals surface area contributed by atoms with Crippen LogP contribution in [0, 0.1) is 0 Å². The van der Waals surface area contributed by atoms with Crippen molar-refractivity contribution in [1.29, 1.82) is 0 Å². The summed E-state index contributed by atoms with van der Waals surface area (Å²) in [6, 6.07) is 0.655. The van der Waals surface area contributed by atoms with E-state index in [0.29, 0.717) is 19.1 Å². The molecule has 19 heavy (non-hydrogen) atoms. The van der Waals surface area contributed by atoms with Crippen LogP contribution in [0.4, 0.5) is 0 Å². The minimum atomic E-state index is -0.0573. The lowest BCUT2D eigenvalue weighted by atomic mass is 10.2. The van der Waals surface area contributed by atoms with Gasteiger partial charge >= 0.3 is 5.97 Å². The first-order valence-corrected chi connectivity index (χ1v) is 7.84. The van der Waals surface area contributed by atoms with E-state index in [1.54, 1.807) is 0 Å². The lowest BCUT2D eigenvalue weighted by molar-refractivity contribution is -0.143. The Labute approximate surface area is 117 Å². The molecule has 1 N–H and O–H groups in total. The summed E-state index contributed by atoms with van der Waals surface area (Å²) in [5, 5.41) is 3.52. The van der Waals surface area contributed by atoms with Crippen molar-refractivity contribution in [2.45, 2.75) is 58.4 Å². The first-order chi connectivity index (χ1) is 9.24. The molecule has 1 saturated heterocycles. The van der Waals surface area contributed by atoms with Crippen LogP contribution in [-0.4, -0.2) is 49.7 Å². The van der Waals surface area contributed by atoms with Crippen LogP contribution in [0.1, 0.15) is 52.4 Å². The summed E-state index contributed by atoms with van der Waals surface area (Å²) in [6.07, 6.45) is 6.48. The molecule has 112 valence electrons. The minimum absolute atomic E-state index is 0.0573. The standard InChI is InChI=1S/C15H30N2O2/c1-3-19-15(18)9-5-4-6-10-16-13-14(2)17-11-7-8-12-17/h14,16H,3-13H2,1-2H3. The minimum Gasteiger partial charge on any atom is -0.466 e. The third-order valence-electron chi connectivity index (χ3n) is 3.74. The lowest BCUT2D eigenvalue weighted by Crippen LogP contribution is -2.38. The van der Waals surface area contributed by atoms with E-state index < -0.39 is 0 Å². The van der Waals surface area contributed by atoms with Crippen LogP contribution in [0.25, 0.3) is 0 Å². The maximum Gasteiger partial charge on any atom is 0.305 e. The topological polar surface area (TPSA) is 41.6 Å². The third-order valence-corrected chi connectivity index (χ3v) is 3.74. The van der Waals surface area contributed by atoms with Gasteiger partial charge in [-0.3, -0.25) is 9.69 Å². The summed E-state index contributed by atoms with van der Waals surface area (Å²) in [4.78, 5) is 13.7. The van der Waals surface area contributed by atoms with Crippen LogP contribution in [0.3, 0.4) is 0 Å². The molecule has 1 fully saturated rings. The van der Waals surface area contributed by atoms with Gasteiger partial charge in [-0.15, -0.1) is 0 Å². The maximum atomic E-state index is 11.1. The average molecular weight is 270 g/mol. The van der Waals surface area contributed by atoms with Crippen molar-refractivity contribution < 1.29 is 9.53 Å². The number of carbonyl (C=O) groups is 1. The molecule has 1 atom stereocenters. The molecular formula is C15H30N2O2. The highest BCUT2D eigenvalue weighted by molar-refractivity contribution is 5.69. The molecule has 0 radical (unpaired) electrons. The Morgan fingerprint density at radius 2 is 2.00 bits per heavy atom. The van der Waals surface area contributed by atoms with Crippen LogP contribution in [-0.2, 0) is 9.53 Å². The highest BCUT2D eigenvalue weighted by Gasteiger charge is 2.16. The number of rotatable bonds is 10. The SMILES string of the molecule is CCOC(=O)CCCCCNCC(C)N1CCCC1. The fourth-order valence-corrected chi connectivity index (χ4v) is 2.55. The first-order valence-electron chi connectivity index (χ1n) is 7.84. The van der Waals surface area contributed by atoms with E-state index in [0.717, 1.165) is 32.4 Å². The second kappa shape index (κ2) is 10.2. The number of esters is 1. The number of ether oxygens (including phenoxy) is 1. The number of hydrogen-bond donors (Lipinski definition) is 1. The number of nitrogens with zero attached hydrogens (tertiary/aromatic N) is 1. The number of likely N-dealkylation sites (tertiary alicyclic amines) is 1. The van der Waals surface area contributed by atoms with Crippen LogP contribution in [0.2, 0.25) is 0 Å². The van der Waals surface area contributed by atoms with E-state index in [2.05, 4.69) is 17.1 Å². The molecule has 4 heteroatoms. The molecular weight excluding hydrogens is 240 g/mol. The molecule has 0 aliphatic carbocycles. The summed E-state index contributed by atoms with van der Waals surface area (Å²) in [5.74, 6) is -0.0573. The van der Waals surface area contributed by atoms with Gasteiger partial charge in [0, 0.05) is 19.0 Å². The largest absolute Gasteiger partial charge is 0.466 e. The quantitative estimate of drug-likeness (QED) is 0.488. The second-order valence-corrected chi connectivity index (χ2v) is 5.41. The number of hydrogen-bond acceptors (Lipinski definition) is 4. The highest BCUT2D eigenvalue weighted by Crippen LogP contribution is 2.10. The van der Waals surface area contributed by atoms with Gasteiger partial charge in [-0.2, -0.15) is 0 Å². The van der Waals surface area contributed by atoms with E-state index >= 15 is 0 Å². The zero-order chi connectivity index (χ0) is 13.9. The Morgan fingerprint density at radius 3 is 2.68 bits per heavy atom. The first kappa shape index (κ1) is 16.4. The van der Waals surface area contributed by atoms with Gasteiger partial charge in [0.05, 0.1) is 6.61 Å². The van der Waals surface area contributed by atoms with Crippen molar-refractivity contribution in [2.75, 3.05) is 32.8 Å². The molecule has 1 aliphatic heterocycles. The smallest absolute Gasteiger partial charge is 0.305 e. The Kier molecular flexibility index (Phi) is 8.84. The van der Waals surface area contributed by atoms with Crippen molar-refractivity contribution in [1.82, 2.24) is 10.2 Å². The van der Waals surface area contributed by atoms with Crippen molar-refractivity contribution >= 4 is 5.97 Å². The van der Waals surface area contributed by atoms with E-state index in [9.17, 15) is 4.79 Å². The third kappa shape index (κ3) is 7.53. The number of nitrogens with one attached hydrogen (secondary N) is 1. The lowest BCUT2D eigenvalue weighted by Gasteiger charge is -2.23. The normalized spacial score (nSPS) is 17.6. The van der Waals surface area contributed by atoms with E-state index in [4.69, 9.17) is 4.74 Å². The van der Waals surface area contributed by atoms with Crippen LogP contribution in [0.5, 0.6) is 0 Å². The second-order valence-electron chi connectivity index (χ2n) is 5.41. The summed E-state index contributed by atoms with van der Waals surface area (Å²) in [7, 11) is 0. The maximum absolute atomic E-state index is 11.1. The van der Waals surface area contributed by atoms with E-state index in [1.807, 2.05) is 6.92 Å². The summed E-state index contributed by atoms with van der Waals surface area (Å²) in [6.45, 7) is 9.32. The van der Waals surface area contributed by atoms with Crippen molar-refractivity contribution in [3.8, 4) is 0 Å². The monoisotopic (exact) mass is 270 g/mol. The molecule has 0 aromatic carbocycles. The molecule has 0 saturated carbocycles. The highest BCUT2D eigenvalue weighted by atomic mass is 16.5. The predicted octanol–water partition coefficient (Wildman–Crippen LogP) is 2.18. The molecule has 4 nitrogen and oxygen atoms in total. The van der Waals surface area contributed by atoms with Crippen LogP contribution >= 0.6 is 0 Å². The molecule has 0 bridgehead atoms. The van der Waals surface area contributed by atoms with Crippen molar-refractivity contribution in [2.24, 2.45) is 0 Å². The van der Waals surface area contributed by atoms with Crippen LogP contribution < -0.4 is 5.32 Å². The van der Waals surface area contributed by atoms with Gasteiger partial charge in [0.2, 0.25) is 0 Å². The Hall–Kier alpha value is -0.610. The van der Waals surface area contributed by atoms with Gasteiger partial charge in [-0.1, -0.05) is 6.42 Å². The molecule has 0 aromatic rings. The van der Waals surface area contributed by atoms with Crippen molar-refractivity contribution in [3.05, 3.63) is 0 Å². The predicted molar refractivity (Wildman–Crippen MR) is 78.2 cm³/mol. The van der Waals surface area contributed by atoms with Gasteiger partial charge in [0.15, 0.2) is 0 Å². The number of carbonyl (C=O) groups excluding carboxylic acids is 1. The average Bonchev–Trinajstić information content (AvgIpc) is 2.91. The number of unbranched alkanes of at least 4 members (excludes halogenated alkanes) is 2. The van der Waals surface area contributed by atoms with Crippen molar-refractivity contribution in [3.63, 3.8) is 0 Å². The Balaban J connectivity index is 1.86. The van der Waals surface area contributed by atoms with Crippen LogP contribution in [0.15, 0.2) is 0 Å². The molecule has 0 amide bonds. The molecule has 1 aliphatic rings. The molecule has 1 rings (SSSR count). The van der Waals surface area contributed by atoms with Gasteiger partial charge < -0.3 is 10.1 Å². The Bertz CT molecular complexity index is 240. The Morgan fingerprint density at radius 1 is 1.26 bits per heavy atom. The fourth-order valence-electron chi connectivity index (χ4n) is 2.55. The van der Waals surface area contributed by atoms with E-state index in [-0.39, 0.29) is 5.97 Å². The van der Waals surface area contributed by atoms with Gasteiger partial charge in [0.1, 0.15) is 0 Å². The fraction of sp³-hybridized carbons (Fsp3) is 0.933. The van der Waals surface area contributed by atoms with Gasteiger partial charge in [-0.05, 0) is 59.2 Å². The molecule has 1 heterocycles. The summed E-state index contributed by atoms with van der Waals surface area (Å²) >= 11 is 0. The molecule has 0 aromatic heterocycles. The zero-order valence-electron chi connectivity index (χ0n) is 12.6. The van der Waals surface area contributed by atoms with Gasteiger partial charge in [-0.25, -0.2) is 0 Å². The summed E-state index contributed by atoms with van der Waals surface area (Å²) < 4.78 is 4.90. The van der Waals surface area contributed by atoms with E-state index in [1.165, 1.54) is 25.9 Å². The van der Waals surface area contributed by atoms with Gasteiger partial charge in [0.25, 0.3) is 0 Å². The zero-order valence-corrected chi connectivity index (χ0v) is 12.6. The molecule has 1 unspecified atom stereocenters. The summed E-state index contributed by atoms with van der Waals surface area (Å²) in [5.41, 5.74) is 0. The molecule has 0 spiro atoms.